The van der Waals surface area contributed by atoms with Crippen molar-refractivity contribution < 1.29 is 9.84 Å². The fourth-order valence-electron chi connectivity index (χ4n) is 5.00. The zero-order chi connectivity index (χ0) is 22.5. The fourth-order valence-corrected chi connectivity index (χ4v) is 5.00. The third-order valence-corrected chi connectivity index (χ3v) is 6.86. The van der Waals surface area contributed by atoms with Gasteiger partial charge in [0.25, 0.3) is 0 Å². The Balaban J connectivity index is 1.44. The highest BCUT2D eigenvalue weighted by Crippen LogP contribution is 2.37. The van der Waals surface area contributed by atoms with E-state index in [1.165, 1.54) is 5.56 Å². The first-order chi connectivity index (χ1) is 15.6. The van der Waals surface area contributed by atoms with Crippen molar-refractivity contribution in [2.24, 2.45) is 17.8 Å². The molecule has 3 heterocycles. The molecular formula is C27H33N3O2. The third kappa shape index (κ3) is 5.00. The molecule has 5 heteroatoms. The summed E-state index contributed by atoms with van der Waals surface area (Å²) in [5, 5.41) is 12.2. The summed E-state index contributed by atoms with van der Waals surface area (Å²) in [5.74, 6) is 1.86. The molecule has 0 amide bonds. The summed E-state index contributed by atoms with van der Waals surface area (Å²) < 4.78 is 5.39. The van der Waals surface area contributed by atoms with Crippen molar-refractivity contribution in [1.82, 2.24) is 14.9 Å². The highest BCUT2D eigenvalue weighted by Gasteiger charge is 2.30. The number of likely N-dealkylation sites (tertiary alicyclic amines) is 1. The van der Waals surface area contributed by atoms with E-state index in [-0.39, 0.29) is 5.92 Å². The molecule has 32 heavy (non-hydrogen) atoms. The lowest BCUT2D eigenvalue weighted by molar-refractivity contribution is 0.0722. The number of methoxy groups -OCH3 is 1. The van der Waals surface area contributed by atoms with Gasteiger partial charge in [-0.1, -0.05) is 13.0 Å². The smallest absolute Gasteiger partial charge is 0.119 e. The fraction of sp³-hybridized carbons (Fsp3) is 0.407. The summed E-state index contributed by atoms with van der Waals surface area (Å²) in [6.07, 6.45) is 9.13. The number of hydrogen-bond donors (Lipinski definition) is 1. The van der Waals surface area contributed by atoms with Crippen molar-refractivity contribution in [2.45, 2.75) is 32.4 Å². The molecule has 2 unspecified atom stereocenters. The van der Waals surface area contributed by atoms with Gasteiger partial charge in [0, 0.05) is 37.1 Å². The standard InChI is InChI=1S/C27H33N3O2/c1-4-21-18-30(17-20-7-11-28-12-8-20)14-10-22(21)15-19(2)27(31)24-9-13-29-26-6-5-23(32-3)16-25(24)26/h4-9,11-13,16,19,21-22,27,31H,1,10,14-15,17-18H2,2-3H3/t19-,21?,22?,27-/m0/s1. The Hall–Kier alpha value is -2.76. The van der Waals surface area contributed by atoms with Gasteiger partial charge < -0.3 is 9.84 Å². The maximum atomic E-state index is 11.3. The van der Waals surface area contributed by atoms with Crippen molar-refractivity contribution in [3.63, 3.8) is 0 Å². The molecule has 4 rings (SSSR count). The predicted octanol–water partition coefficient (Wildman–Crippen LogP) is 5.02. The minimum atomic E-state index is -0.548. The van der Waals surface area contributed by atoms with E-state index in [4.69, 9.17) is 4.74 Å². The molecule has 1 fully saturated rings. The van der Waals surface area contributed by atoms with E-state index in [1.54, 1.807) is 13.3 Å². The number of nitrogens with zero attached hydrogens (tertiary/aromatic N) is 3. The minimum absolute atomic E-state index is 0.131. The van der Waals surface area contributed by atoms with Gasteiger partial charge in [0.2, 0.25) is 0 Å². The molecule has 2 aromatic heterocycles. The van der Waals surface area contributed by atoms with E-state index in [9.17, 15) is 5.11 Å². The first-order valence-corrected chi connectivity index (χ1v) is 11.4. The monoisotopic (exact) mass is 431 g/mol. The van der Waals surface area contributed by atoms with Crippen LogP contribution in [-0.2, 0) is 6.54 Å². The van der Waals surface area contributed by atoms with Crippen LogP contribution < -0.4 is 4.74 Å². The van der Waals surface area contributed by atoms with Gasteiger partial charge in [0.15, 0.2) is 0 Å². The largest absolute Gasteiger partial charge is 0.497 e. The quantitative estimate of drug-likeness (QED) is 0.508. The number of benzene rings is 1. The van der Waals surface area contributed by atoms with Crippen molar-refractivity contribution in [1.29, 1.82) is 0 Å². The first kappa shape index (κ1) is 22.4. The zero-order valence-electron chi connectivity index (χ0n) is 19.0. The van der Waals surface area contributed by atoms with Crippen molar-refractivity contribution in [3.8, 4) is 5.75 Å². The van der Waals surface area contributed by atoms with E-state index in [0.29, 0.717) is 11.8 Å². The Morgan fingerprint density at radius 2 is 2.03 bits per heavy atom. The molecule has 0 saturated carbocycles. The Kier molecular flexibility index (Phi) is 7.18. The van der Waals surface area contributed by atoms with Crippen LogP contribution in [0.5, 0.6) is 5.75 Å². The van der Waals surface area contributed by atoms with Crippen LogP contribution in [-0.4, -0.2) is 40.2 Å². The molecule has 168 valence electrons. The number of piperidine rings is 1. The van der Waals surface area contributed by atoms with Gasteiger partial charge in [-0.05, 0) is 84.7 Å². The molecule has 3 aromatic rings. The lowest BCUT2D eigenvalue weighted by atomic mass is 9.77. The van der Waals surface area contributed by atoms with E-state index in [0.717, 1.165) is 54.7 Å². The Bertz CT molecular complexity index is 1040. The molecule has 0 spiro atoms. The number of ether oxygens (including phenoxy) is 1. The Labute approximate surface area is 190 Å². The Morgan fingerprint density at radius 3 is 2.78 bits per heavy atom. The summed E-state index contributed by atoms with van der Waals surface area (Å²) in [6.45, 7) is 9.30. The van der Waals surface area contributed by atoms with Crippen LogP contribution in [0, 0.1) is 17.8 Å². The van der Waals surface area contributed by atoms with Crippen molar-refractivity contribution in [3.05, 3.63) is 78.8 Å². The minimum Gasteiger partial charge on any atom is -0.497 e. The average molecular weight is 432 g/mol. The molecule has 4 atom stereocenters. The second-order valence-electron chi connectivity index (χ2n) is 8.98. The number of pyridine rings is 2. The van der Waals surface area contributed by atoms with Crippen LogP contribution in [0.25, 0.3) is 10.9 Å². The van der Waals surface area contributed by atoms with Crippen LogP contribution in [0.1, 0.15) is 37.0 Å². The van der Waals surface area contributed by atoms with Gasteiger partial charge in [0.1, 0.15) is 5.75 Å². The summed E-state index contributed by atoms with van der Waals surface area (Å²) in [7, 11) is 1.66. The van der Waals surface area contributed by atoms with E-state index >= 15 is 0 Å². The number of aromatic nitrogens is 2. The van der Waals surface area contributed by atoms with Gasteiger partial charge in [-0.2, -0.15) is 0 Å². The summed E-state index contributed by atoms with van der Waals surface area (Å²) in [4.78, 5) is 11.1. The molecular weight excluding hydrogens is 398 g/mol. The van der Waals surface area contributed by atoms with Crippen LogP contribution in [0.2, 0.25) is 0 Å². The van der Waals surface area contributed by atoms with Gasteiger partial charge in [-0.3, -0.25) is 14.9 Å². The molecule has 5 nitrogen and oxygen atoms in total. The second kappa shape index (κ2) is 10.2. The third-order valence-electron chi connectivity index (χ3n) is 6.86. The molecule has 1 N–H and O–H groups in total. The van der Waals surface area contributed by atoms with Gasteiger partial charge >= 0.3 is 0 Å². The Morgan fingerprint density at radius 1 is 1.22 bits per heavy atom. The molecule has 1 aromatic carbocycles. The van der Waals surface area contributed by atoms with Crippen molar-refractivity contribution in [2.75, 3.05) is 20.2 Å². The van der Waals surface area contributed by atoms with Gasteiger partial charge in [-0.15, -0.1) is 6.58 Å². The topological polar surface area (TPSA) is 58.5 Å². The summed E-state index contributed by atoms with van der Waals surface area (Å²) in [5.41, 5.74) is 3.10. The predicted molar refractivity (Wildman–Crippen MR) is 128 cm³/mol. The first-order valence-electron chi connectivity index (χ1n) is 11.4. The number of fused-ring (bicyclic) bond motifs is 1. The summed E-state index contributed by atoms with van der Waals surface area (Å²) in [6, 6.07) is 11.9. The second-order valence-corrected chi connectivity index (χ2v) is 8.98. The lowest BCUT2D eigenvalue weighted by Crippen LogP contribution is -2.40. The maximum absolute atomic E-state index is 11.3. The van der Waals surface area contributed by atoms with E-state index < -0.39 is 6.10 Å². The lowest BCUT2D eigenvalue weighted by Gasteiger charge is -2.39. The average Bonchev–Trinajstić information content (AvgIpc) is 2.84. The molecule has 0 aliphatic carbocycles. The highest BCUT2D eigenvalue weighted by molar-refractivity contribution is 5.83. The van der Waals surface area contributed by atoms with Crippen LogP contribution in [0.4, 0.5) is 0 Å². The molecule has 1 saturated heterocycles. The number of hydrogen-bond acceptors (Lipinski definition) is 5. The number of aliphatic hydroxyl groups is 1. The normalized spacial score (nSPS) is 21.2. The van der Waals surface area contributed by atoms with Gasteiger partial charge in [0.05, 0.1) is 18.7 Å². The zero-order valence-corrected chi connectivity index (χ0v) is 19.0. The SMILES string of the molecule is C=CC1CN(Cc2ccncc2)CCC1C[C@H](C)[C@H](O)c1ccnc2ccc(OC)cc12. The van der Waals surface area contributed by atoms with E-state index in [2.05, 4.69) is 46.6 Å². The van der Waals surface area contributed by atoms with Crippen molar-refractivity contribution >= 4 is 10.9 Å². The maximum Gasteiger partial charge on any atom is 0.119 e. The highest BCUT2D eigenvalue weighted by atomic mass is 16.5. The van der Waals surface area contributed by atoms with Gasteiger partial charge in [-0.25, -0.2) is 0 Å². The molecule has 0 bridgehead atoms. The number of aliphatic hydroxyl groups excluding tert-OH is 1. The van der Waals surface area contributed by atoms with Crippen LogP contribution >= 0.6 is 0 Å². The van der Waals surface area contributed by atoms with Crippen LogP contribution in [0.3, 0.4) is 0 Å². The number of rotatable bonds is 8. The molecule has 0 radical (unpaired) electrons. The van der Waals surface area contributed by atoms with E-state index in [1.807, 2.05) is 36.7 Å². The molecule has 1 aliphatic rings. The van der Waals surface area contributed by atoms with Crippen LogP contribution in [0.15, 0.2) is 67.6 Å². The summed E-state index contributed by atoms with van der Waals surface area (Å²) >= 11 is 0. The molecule has 1 aliphatic heterocycles.